The van der Waals surface area contributed by atoms with E-state index < -0.39 is 35.4 Å². The van der Waals surface area contributed by atoms with E-state index in [0.29, 0.717) is 59.1 Å². The van der Waals surface area contributed by atoms with Gasteiger partial charge in [0.1, 0.15) is 29.0 Å². The zero-order valence-electron chi connectivity index (χ0n) is 32.7. The number of nitrogens with zero attached hydrogens (tertiary/aromatic N) is 4. The Morgan fingerprint density at radius 1 is 0.559 bits per heavy atom. The average Bonchev–Trinajstić information content (AvgIpc) is 4.10. The van der Waals surface area contributed by atoms with Crippen molar-refractivity contribution in [3.8, 4) is 0 Å². The zero-order chi connectivity index (χ0) is 39.8. The van der Waals surface area contributed by atoms with Gasteiger partial charge in [-0.1, -0.05) is 42.5 Å². The highest BCUT2D eigenvalue weighted by molar-refractivity contribution is 5.83. The van der Waals surface area contributed by atoms with Gasteiger partial charge in [-0.3, -0.25) is 0 Å². The smallest absolute Gasteiger partial charge is 0.151 e. The van der Waals surface area contributed by atoms with E-state index in [0.717, 1.165) is 63.3 Å². The topological polar surface area (TPSA) is 87.9 Å². The van der Waals surface area contributed by atoms with Gasteiger partial charge >= 0.3 is 0 Å². The van der Waals surface area contributed by atoms with Gasteiger partial charge in [0.05, 0.1) is 46.2 Å². The molecule has 11 rings (SSSR count). The SMILES string of the molecule is Fc1cc2nc([C@@H]3CCCN3)[nH]c2cc1[C@H]1CC[C@H](c2cc3[nH]c([C@@H]4CCCN4)nc3cc2F)N1c1cc(F)c(N2CCC(c3ccc4ccccc4c3)CC2)c(F)c1. The molecule has 0 amide bonds. The normalized spacial score (nSPS) is 22.8. The van der Waals surface area contributed by atoms with E-state index in [1.807, 2.05) is 17.0 Å². The first-order valence-corrected chi connectivity index (χ1v) is 21.2. The molecule has 2 aromatic heterocycles. The molecule has 7 aromatic rings. The fraction of sp³-hybridized carbons (Fsp3) is 0.362. The lowest BCUT2D eigenvalue weighted by Crippen LogP contribution is -2.34. The van der Waals surface area contributed by atoms with Gasteiger partial charge in [0.25, 0.3) is 0 Å². The minimum Gasteiger partial charge on any atom is -0.367 e. The lowest BCUT2D eigenvalue weighted by atomic mass is 9.88. The molecule has 4 N–H and O–H groups in total. The van der Waals surface area contributed by atoms with Crippen LogP contribution in [0.1, 0.15) is 110 Å². The van der Waals surface area contributed by atoms with E-state index in [1.54, 1.807) is 17.0 Å². The third-order valence-corrected chi connectivity index (χ3v) is 13.5. The molecule has 4 fully saturated rings. The van der Waals surface area contributed by atoms with E-state index >= 15 is 17.6 Å². The number of benzene rings is 5. The van der Waals surface area contributed by atoms with E-state index in [2.05, 4.69) is 50.9 Å². The van der Waals surface area contributed by atoms with Gasteiger partial charge in [0.15, 0.2) is 11.6 Å². The molecule has 12 heteroatoms. The first-order chi connectivity index (χ1) is 28.8. The van der Waals surface area contributed by atoms with Crippen LogP contribution in [0.5, 0.6) is 0 Å². The van der Waals surface area contributed by atoms with Gasteiger partial charge in [-0.2, -0.15) is 0 Å². The maximum atomic E-state index is 16.6. The quantitative estimate of drug-likeness (QED) is 0.120. The largest absolute Gasteiger partial charge is 0.367 e. The molecule has 6 heterocycles. The highest BCUT2D eigenvalue weighted by atomic mass is 19.1. The fourth-order valence-electron chi connectivity index (χ4n) is 10.5. The third-order valence-electron chi connectivity index (χ3n) is 13.5. The molecule has 0 bridgehead atoms. The van der Waals surface area contributed by atoms with Gasteiger partial charge in [0.2, 0.25) is 0 Å². The predicted octanol–water partition coefficient (Wildman–Crippen LogP) is 10.5. The second-order valence-electron chi connectivity index (χ2n) is 17.0. The number of imidazole rings is 2. The van der Waals surface area contributed by atoms with Crippen LogP contribution in [0.25, 0.3) is 32.8 Å². The molecule has 4 atom stereocenters. The number of hydrogen-bond acceptors (Lipinski definition) is 6. The molecule has 5 aromatic carbocycles. The molecule has 0 aliphatic carbocycles. The number of H-pyrrole nitrogens is 2. The maximum absolute atomic E-state index is 16.6. The van der Waals surface area contributed by atoms with Gasteiger partial charge in [-0.05, 0) is 111 Å². The number of rotatable bonds is 7. The van der Waals surface area contributed by atoms with Crippen LogP contribution < -0.4 is 20.4 Å². The summed E-state index contributed by atoms with van der Waals surface area (Å²) in [5.41, 5.74) is 4.56. The first kappa shape index (κ1) is 36.6. The van der Waals surface area contributed by atoms with E-state index in [9.17, 15) is 0 Å². The summed E-state index contributed by atoms with van der Waals surface area (Å²) >= 11 is 0. The first-order valence-electron chi connectivity index (χ1n) is 21.2. The Morgan fingerprint density at radius 2 is 1.12 bits per heavy atom. The van der Waals surface area contributed by atoms with Gasteiger partial charge in [-0.25, -0.2) is 27.5 Å². The molecule has 4 aliphatic heterocycles. The predicted molar refractivity (Wildman–Crippen MR) is 224 cm³/mol. The van der Waals surface area contributed by atoms with Crippen LogP contribution >= 0.6 is 0 Å². The Hall–Kier alpha value is -5.46. The summed E-state index contributed by atoms with van der Waals surface area (Å²) < 4.78 is 65.9. The summed E-state index contributed by atoms with van der Waals surface area (Å²) in [4.78, 5) is 19.8. The minimum atomic E-state index is -0.690. The van der Waals surface area contributed by atoms with Gasteiger partial charge in [0, 0.05) is 42.0 Å². The van der Waals surface area contributed by atoms with Crippen LogP contribution in [0.4, 0.5) is 28.9 Å². The number of anilines is 2. The van der Waals surface area contributed by atoms with Crippen LogP contribution in [0.2, 0.25) is 0 Å². The molecule has 4 saturated heterocycles. The monoisotopic (exact) mass is 798 g/mol. The van der Waals surface area contributed by atoms with Crippen molar-refractivity contribution in [1.82, 2.24) is 30.6 Å². The summed E-state index contributed by atoms with van der Waals surface area (Å²) in [6.45, 7) is 2.80. The van der Waals surface area contributed by atoms with Crippen molar-refractivity contribution in [3.05, 3.63) is 130 Å². The Labute approximate surface area is 339 Å². The van der Waals surface area contributed by atoms with Gasteiger partial charge < -0.3 is 30.4 Å². The molecular weight excluding hydrogens is 753 g/mol. The Balaban J connectivity index is 0.942. The van der Waals surface area contributed by atoms with E-state index in [-0.39, 0.29) is 29.4 Å². The number of aromatic amines is 2. The second-order valence-corrected chi connectivity index (χ2v) is 17.0. The molecule has 0 saturated carbocycles. The highest BCUT2D eigenvalue weighted by Gasteiger charge is 2.40. The Morgan fingerprint density at radius 3 is 1.66 bits per heavy atom. The molecule has 59 heavy (non-hydrogen) atoms. The molecular formula is C47H46F4N8. The van der Waals surface area contributed by atoms with Crippen molar-refractivity contribution in [2.24, 2.45) is 0 Å². The lowest BCUT2D eigenvalue weighted by Gasteiger charge is -2.36. The van der Waals surface area contributed by atoms with Crippen LogP contribution in [0, 0.1) is 23.3 Å². The summed E-state index contributed by atoms with van der Waals surface area (Å²) in [5, 5.41) is 9.26. The maximum Gasteiger partial charge on any atom is 0.151 e. The molecule has 8 nitrogen and oxygen atoms in total. The van der Waals surface area contributed by atoms with Crippen LogP contribution in [0.3, 0.4) is 0 Å². The summed E-state index contributed by atoms with van der Waals surface area (Å²) in [5.74, 6) is -0.495. The summed E-state index contributed by atoms with van der Waals surface area (Å²) in [6, 6.07) is 22.8. The van der Waals surface area contributed by atoms with Crippen molar-refractivity contribution in [2.45, 2.75) is 81.5 Å². The molecule has 302 valence electrons. The lowest BCUT2D eigenvalue weighted by molar-refractivity contribution is 0.486. The van der Waals surface area contributed by atoms with Crippen molar-refractivity contribution in [1.29, 1.82) is 0 Å². The van der Waals surface area contributed by atoms with E-state index in [4.69, 9.17) is 9.97 Å². The highest BCUT2D eigenvalue weighted by Crippen LogP contribution is 2.50. The summed E-state index contributed by atoms with van der Waals surface area (Å²) in [7, 11) is 0. The number of piperidine rings is 1. The minimum absolute atomic E-state index is 0.0609. The Kier molecular flexibility index (Phi) is 9.10. The number of fused-ring (bicyclic) bond motifs is 3. The number of halogens is 4. The van der Waals surface area contributed by atoms with Crippen LogP contribution in [-0.4, -0.2) is 46.1 Å². The average molecular weight is 799 g/mol. The second kappa shape index (κ2) is 14.7. The fourth-order valence-corrected chi connectivity index (χ4v) is 10.5. The molecule has 0 radical (unpaired) electrons. The zero-order valence-corrected chi connectivity index (χ0v) is 32.7. The van der Waals surface area contributed by atoms with Crippen molar-refractivity contribution in [3.63, 3.8) is 0 Å². The molecule has 0 spiro atoms. The number of aromatic nitrogens is 4. The van der Waals surface area contributed by atoms with Crippen LogP contribution in [0.15, 0.2) is 78.9 Å². The summed E-state index contributed by atoms with van der Waals surface area (Å²) in [6.07, 6.45) is 6.34. The molecule has 0 unspecified atom stereocenters. The van der Waals surface area contributed by atoms with Gasteiger partial charge in [-0.15, -0.1) is 0 Å². The van der Waals surface area contributed by atoms with Crippen molar-refractivity contribution >= 4 is 44.2 Å². The third kappa shape index (κ3) is 6.51. The van der Waals surface area contributed by atoms with E-state index in [1.165, 1.54) is 40.6 Å². The number of hydrogen-bond donors (Lipinski definition) is 4. The molecule has 4 aliphatic rings. The van der Waals surface area contributed by atoms with Crippen molar-refractivity contribution < 1.29 is 17.6 Å². The standard InChI is InChI=1S/C47H46F4N8/c48-33-24-41-39(54-46(56-41)37-7-3-15-52-37)22-31(33)43-11-12-44(32-23-40-42(25-34(32)49)57-47(55-40)38-8-4-16-53-38)59(43)30-20-35(50)45(36(51)21-30)58-17-13-27(14-18-58)29-10-9-26-5-1-2-6-28(26)19-29/h1-2,5-6,9-10,19-25,27,37-38,43-44,52-53H,3-4,7-8,11-18H2,(H,54,56)(H,55,57)/t37-,38-,43+,44+/m0/s1. The Bertz CT molecular complexity index is 2580. The number of nitrogens with one attached hydrogen (secondary N) is 4. The van der Waals surface area contributed by atoms with Crippen molar-refractivity contribution in [2.75, 3.05) is 36.0 Å². The van der Waals surface area contributed by atoms with Crippen LogP contribution in [-0.2, 0) is 0 Å².